The van der Waals surface area contributed by atoms with E-state index in [4.69, 9.17) is 16.3 Å². The molecule has 3 nitrogen and oxygen atoms in total. The van der Waals surface area contributed by atoms with Gasteiger partial charge in [0.25, 0.3) is 0 Å². The molecular weight excluding hydrogens is 326 g/mol. The molecule has 1 fully saturated rings. The molecule has 0 bridgehead atoms. The predicted octanol–water partition coefficient (Wildman–Crippen LogP) is 3.11. The molecule has 1 aliphatic rings. The zero-order valence-electron chi connectivity index (χ0n) is 11.3. The summed E-state index contributed by atoms with van der Waals surface area (Å²) in [5, 5.41) is 3.87. The highest BCUT2D eigenvalue weighted by molar-refractivity contribution is 6.30. The van der Waals surface area contributed by atoms with Gasteiger partial charge in [-0.25, -0.2) is 4.39 Å². The molecule has 2 rings (SSSR count). The SMILES string of the molecule is COc1ccc(Cl)cc1[C@@H](CF)N1CCNCC1.Cl.Cl. The first-order valence-electron chi connectivity index (χ1n) is 6.10. The van der Waals surface area contributed by atoms with E-state index in [1.807, 2.05) is 0 Å². The highest BCUT2D eigenvalue weighted by Gasteiger charge is 2.24. The Kier molecular flexibility index (Phi) is 9.51. The molecule has 1 N–H and O–H groups in total. The predicted molar refractivity (Wildman–Crippen MR) is 85.7 cm³/mol. The molecule has 1 saturated heterocycles. The summed E-state index contributed by atoms with van der Waals surface area (Å²) in [6.07, 6.45) is 0. The lowest BCUT2D eigenvalue weighted by molar-refractivity contribution is 0.145. The zero-order valence-corrected chi connectivity index (χ0v) is 13.7. The van der Waals surface area contributed by atoms with Crippen LogP contribution in [0.2, 0.25) is 5.02 Å². The third kappa shape index (κ3) is 4.64. The largest absolute Gasteiger partial charge is 0.496 e. The minimum atomic E-state index is -0.434. The maximum Gasteiger partial charge on any atom is 0.123 e. The molecule has 1 aromatic rings. The summed E-state index contributed by atoms with van der Waals surface area (Å²) in [6.45, 7) is 3.02. The van der Waals surface area contributed by atoms with E-state index in [1.165, 1.54) is 0 Å². The van der Waals surface area contributed by atoms with Crippen molar-refractivity contribution in [3.8, 4) is 5.75 Å². The number of benzene rings is 1. The second kappa shape index (κ2) is 9.64. The Morgan fingerprint density at radius 2 is 2.00 bits per heavy atom. The molecule has 1 aromatic carbocycles. The van der Waals surface area contributed by atoms with Gasteiger partial charge in [0.15, 0.2) is 0 Å². The molecular formula is C13H20Cl3FN2O. The van der Waals surface area contributed by atoms with E-state index in [2.05, 4.69) is 10.2 Å². The minimum Gasteiger partial charge on any atom is -0.496 e. The van der Waals surface area contributed by atoms with Crippen LogP contribution in [0.4, 0.5) is 4.39 Å². The molecule has 116 valence electrons. The van der Waals surface area contributed by atoms with Gasteiger partial charge in [0.2, 0.25) is 0 Å². The van der Waals surface area contributed by atoms with Gasteiger partial charge in [-0.1, -0.05) is 11.6 Å². The first-order chi connectivity index (χ1) is 8.76. The number of methoxy groups -OCH3 is 1. The van der Waals surface area contributed by atoms with Gasteiger partial charge in [0.05, 0.1) is 13.2 Å². The van der Waals surface area contributed by atoms with Gasteiger partial charge in [0, 0.05) is 36.8 Å². The summed E-state index contributed by atoms with van der Waals surface area (Å²) in [5.74, 6) is 0.695. The number of piperazine rings is 1. The maximum absolute atomic E-state index is 13.4. The Hall–Kier alpha value is -0.260. The average molecular weight is 346 g/mol. The molecule has 20 heavy (non-hydrogen) atoms. The third-order valence-corrected chi connectivity index (χ3v) is 3.52. The quantitative estimate of drug-likeness (QED) is 0.907. The molecule has 1 heterocycles. The molecule has 1 aliphatic heterocycles. The van der Waals surface area contributed by atoms with Crippen molar-refractivity contribution in [3.63, 3.8) is 0 Å². The number of nitrogens with zero attached hydrogens (tertiary/aromatic N) is 1. The van der Waals surface area contributed by atoms with E-state index in [9.17, 15) is 4.39 Å². The van der Waals surface area contributed by atoms with Gasteiger partial charge >= 0.3 is 0 Å². The molecule has 0 amide bonds. The van der Waals surface area contributed by atoms with Crippen LogP contribution in [0.5, 0.6) is 5.75 Å². The molecule has 0 saturated carbocycles. The second-order valence-corrected chi connectivity index (χ2v) is 4.78. The van der Waals surface area contributed by atoms with Gasteiger partial charge in [-0.05, 0) is 18.2 Å². The monoisotopic (exact) mass is 344 g/mol. The fourth-order valence-corrected chi connectivity index (χ4v) is 2.52. The van der Waals surface area contributed by atoms with Crippen LogP contribution >= 0.6 is 36.4 Å². The Morgan fingerprint density at radius 3 is 2.55 bits per heavy atom. The summed E-state index contributed by atoms with van der Waals surface area (Å²) in [4.78, 5) is 2.13. The van der Waals surface area contributed by atoms with E-state index >= 15 is 0 Å². The Balaban J connectivity index is 0.00000180. The number of hydrogen-bond acceptors (Lipinski definition) is 3. The van der Waals surface area contributed by atoms with Crippen LogP contribution in [0.3, 0.4) is 0 Å². The highest BCUT2D eigenvalue weighted by atomic mass is 35.5. The van der Waals surface area contributed by atoms with Crippen molar-refractivity contribution in [2.45, 2.75) is 6.04 Å². The Bertz CT molecular complexity index is 403. The molecule has 0 unspecified atom stereocenters. The summed E-state index contributed by atoms with van der Waals surface area (Å²) >= 11 is 6.00. The van der Waals surface area contributed by atoms with Gasteiger partial charge in [0.1, 0.15) is 12.4 Å². The van der Waals surface area contributed by atoms with E-state index < -0.39 is 6.67 Å². The normalized spacial score (nSPS) is 16.8. The topological polar surface area (TPSA) is 24.5 Å². The van der Waals surface area contributed by atoms with Crippen molar-refractivity contribution >= 4 is 36.4 Å². The molecule has 1 atom stereocenters. The van der Waals surface area contributed by atoms with Crippen LogP contribution < -0.4 is 10.1 Å². The molecule has 0 aromatic heterocycles. The first kappa shape index (κ1) is 19.7. The molecule has 0 spiro atoms. The van der Waals surface area contributed by atoms with Crippen LogP contribution in [-0.4, -0.2) is 44.9 Å². The van der Waals surface area contributed by atoms with Crippen molar-refractivity contribution in [3.05, 3.63) is 28.8 Å². The van der Waals surface area contributed by atoms with Crippen LogP contribution in [0.15, 0.2) is 18.2 Å². The van der Waals surface area contributed by atoms with Gasteiger partial charge < -0.3 is 10.1 Å². The zero-order chi connectivity index (χ0) is 13.0. The van der Waals surface area contributed by atoms with Crippen molar-refractivity contribution in [2.24, 2.45) is 0 Å². The number of hydrogen-bond donors (Lipinski definition) is 1. The van der Waals surface area contributed by atoms with Crippen molar-refractivity contribution < 1.29 is 9.13 Å². The van der Waals surface area contributed by atoms with Crippen molar-refractivity contribution in [1.82, 2.24) is 10.2 Å². The number of ether oxygens (including phenoxy) is 1. The average Bonchev–Trinajstić information content (AvgIpc) is 2.41. The van der Waals surface area contributed by atoms with Crippen LogP contribution in [-0.2, 0) is 0 Å². The fraction of sp³-hybridized carbons (Fsp3) is 0.538. The number of halogens is 4. The van der Waals surface area contributed by atoms with E-state index in [0.29, 0.717) is 10.8 Å². The molecule has 0 aliphatic carbocycles. The molecule has 7 heteroatoms. The van der Waals surface area contributed by atoms with Crippen LogP contribution in [0, 0.1) is 0 Å². The first-order valence-corrected chi connectivity index (χ1v) is 6.48. The summed E-state index contributed by atoms with van der Waals surface area (Å²) in [6, 6.07) is 5.08. The lowest BCUT2D eigenvalue weighted by Crippen LogP contribution is -2.45. The third-order valence-electron chi connectivity index (χ3n) is 3.29. The van der Waals surface area contributed by atoms with Crippen molar-refractivity contribution in [1.29, 1.82) is 0 Å². The Labute approximate surface area is 136 Å². The Morgan fingerprint density at radius 1 is 1.35 bits per heavy atom. The highest BCUT2D eigenvalue weighted by Crippen LogP contribution is 2.32. The van der Waals surface area contributed by atoms with Gasteiger partial charge in [-0.2, -0.15) is 0 Å². The minimum absolute atomic E-state index is 0. The summed E-state index contributed by atoms with van der Waals surface area (Å²) < 4.78 is 18.7. The van der Waals surface area contributed by atoms with Crippen LogP contribution in [0.25, 0.3) is 0 Å². The summed E-state index contributed by atoms with van der Waals surface area (Å²) in [5.41, 5.74) is 0.828. The van der Waals surface area contributed by atoms with Gasteiger partial charge in [-0.3, -0.25) is 4.90 Å². The molecule has 0 radical (unpaired) electrons. The smallest absolute Gasteiger partial charge is 0.123 e. The van der Waals surface area contributed by atoms with Crippen molar-refractivity contribution in [2.75, 3.05) is 40.0 Å². The lowest BCUT2D eigenvalue weighted by Gasteiger charge is -2.34. The second-order valence-electron chi connectivity index (χ2n) is 4.34. The fourth-order valence-electron chi connectivity index (χ4n) is 2.34. The summed E-state index contributed by atoms with van der Waals surface area (Å²) in [7, 11) is 1.60. The number of nitrogens with one attached hydrogen (secondary N) is 1. The standard InChI is InChI=1S/C13H18ClFN2O.2ClH/c1-18-13-3-2-10(14)8-11(13)12(9-15)17-6-4-16-5-7-17;;/h2-3,8,12,16H,4-7,9H2,1H3;2*1H/t12-;;/m1../s1. The van der Waals surface area contributed by atoms with E-state index in [1.54, 1.807) is 25.3 Å². The van der Waals surface area contributed by atoms with E-state index in [0.717, 1.165) is 31.7 Å². The maximum atomic E-state index is 13.4. The van der Waals surface area contributed by atoms with Crippen LogP contribution in [0.1, 0.15) is 11.6 Å². The lowest BCUT2D eigenvalue weighted by atomic mass is 10.0. The van der Waals surface area contributed by atoms with E-state index in [-0.39, 0.29) is 30.9 Å². The van der Waals surface area contributed by atoms with Gasteiger partial charge in [-0.15, -0.1) is 24.8 Å². The number of alkyl halides is 1. The number of rotatable bonds is 4.